The number of nitrogens with zero attached hydrogens (tertiary/aromatic N) is 3. The minimum Gasteiger partial charge on any atom is -0.487 e. The summed E-state index contributed by atoms with van der Waals surface area (Å²) in [7, 11) is 0. The molecule has 0 spiro atoms. The molecular formula is C14H8ClFIN3O. The number of fused-ring (bicyclic) bond motifs is 1. The van der Waals surface area contributed by atoms with Crippen molar-refractivity contribution in [3.63, 3.8) is 0 Å². The molecule has 0 aliphatic rings. The lowest BCUT2D eigenvalue weighted by atomic mass is 10.1. The second-order valence-corrected chi connectivity index (χ2v) is 5.85. The molecule has 0 bridgehead atoms. The lowest BCUT2D eigenvalue weighted by molar-refractivity contribution is 0.303. The van der Waals surface area contributed by atoms with Crippen LogP contribution in [0.5, 0.6) is 5.75 Å². The first-order valence-electron chi connectivity index (χ1n) is 5.96. The zero-order valence-corrected chi connectivity index (χ0v) is 13.5. The lowest BCUT2D eigenvalue weighted by Crippen LogP contribution is -1.99. The van der Waals surface area contributed by atoms with E-state index >= 15 is 0 Å². The van der Waals surface area contributed by atoms with Crippen molar-refractivity contribution in [1.29, 1.82) is 0 Å². The first-order chi connectivity index (χ1) is 10.1. The number of hydrogen-bond donors (Lipinski definition) is 0. The third-order valence-corrected chi connectivity index (χ3v) is 3.50. The molecule has 0 fully saturated rings. The molecule has 0 amide bonds. The van der Waals surface area contributed by atoms with Crippen molar-refractivity contribution in [3.05, 3.63) is 56.8 Å². The molecule has 0 radical (unpaired) electrons. The van der Waals surface area contributed by atoms with Crippen molar-refractivity contribution in [3.8, 4) is 5.75 Å². The van der Waals surface area contributed by atoms with Crippen LogP contribution in [0.4, 0.5) is 4.39 Å². The lowest BCUT2D eigenvalue weighted by Gasteiger charge is -2.07. The minimum absolute atomic E-state index is 0.223. The average molecular weight is 416 g/mol. The number of rotatable bonds is 3. The molecule has 0 N–H and O–H groups in total. The summed E-state index contributed by atoms with van der Waals surface area (Å²) in [6, 6.07) is 6.64. The van der Waals surface area contributed by atoms with Gasteiger partial charge in [-0.1, -0.05) is 11.6 Å². The highest BCUT2D eigenvalue weighted by Gasteiger charge is 2.07. The summed E-state index contributed by atoms with van der Waals surface area (Å²) < 4.78 is 20.3. The molecule has 3 aromatic rings. The molecule has 0 saturated heterocycles. The summed E-state index contributed by atoms with van der Waals surface area (Å²) in [6.07, 6.45) is 2.94. The third-order valence-electron chi connectivity index (χ3n) is 2.77. The summed E-state index contributed by atoms with van der Waals surface area (Å²) in [5.41, 5.74) is 0.985. The van der Waals surface area contributed by atoms with Crippen molar-refractivity contribution < 1.29 is 9.13 Å². The van der Waals surface area contributed by atoms with E-state index in [1.165, 1.54) is 18.5 Å². The normalized spacial score (nSPS) is 10.8. The van der Waals surface area contributed by atoms with Gasteiger partial charge in [-0.15, -0.1) is 5.10 Å². The molecule has 1 aromatic carbocycles. The van der Waals surface area contributed by atoms with Crippen LogP contribution in [0.1, 0.15) is 5.56 Å². The van der Waals surface area contributed by atoms with Crippen LogP contribution in [0.3, 0.4) is 0 Å². The second-order valence-electron chi connectivity index (χ2n) is 4.31. The zero-order chi connectivity index (χ0) is 14.8. The fourth-order valence-electron chi connectivity index (χ4n) is 1.89. The molecule has 0 aliphatic carbocycles. The summed E-state index contributed by atoms with van der Waals surface area (Å²) >= 11 is 7.93. The molecule has 3 rings (SSSR count). The summed E-state index contributed by atoms with van der Waals surface area (Å²) in [5, 5.41) is 8.73. The molecule has 2 aromatic heterocycles. The SMILES string of the molecule is Fc1cc(COc2cnnc(I)c2)cc2cc(Cl)cnc12. The zero-order valence-electron chi connectivity index (χ0n) is 10.6. The van der Waals surface area contributed by atoms with Gasteiger partial charge in [-0.2, -0.15) is 5.10 Å². The quantitative estimate of drug-likeness (QED) is 0.607. The maximum Gasteiger partial charge on any atom is 0.149 e. The predicted molar refractivity (Wildman–Crippen MR) is 85.8 cm³/mol. The Bertz CT molecular complexity index is 815. The van der Waals surface area contributed by atoms with Crippen LogP contribution in [0.25, 0.3) is 10.9 Å². The number of pyridine rings is 1. The maximum absolute atomic E-state index is 14.0. The van der Waals surface area contributed by atoms with Gasteiger partial charge in [0.05, 0.1) is 11.2 Å². The van der Waals surface area contributed by atoms with E-state index in [1.807, 2.05) is 22.6 Å². The van der Waals surface area contributed by atoms with E-state index < -0.39 is 5.82 Å². The Morgan fingerprint density at radius 3 is 2.86 bits per heavy atom. The number of aromatic nitrogens is 3. The maximum atomic E-state index is 14.0. The van der Waals surface area contributed by atoms with Gasteiger partial charge in [0, 0.05) is 17.6 Å². The predicted octanol–water partition coefficient (Wildman–Crippen LogP) is 4.00. The fraction of sp³-hybridized carbons (Fsp3) is 0.0714. The van der Waals surface area contributed by atoms with Gasteiger partial charge < -0.3 is 4.74 Å². The van der Waals surface area contributed by atoms with Crippen LogP contribution in [-0.4, -0.2) is 15.2 Å². The van der Waals surface area contributed by atoms with Gasteiger partial charge in [0.1, 0.15) is 27.4 Å². The van der Waals surface area contributed by atoms with E-state index in [4.69, 9.17) is 16.3 Å². The summed E-state index contributed by atoms with van der Waals surface area (Å²) in [6.45, 7) is 0.223. The fourth-order valence-corrected chi connectivity index (χ4v) is 2.49. The molecule has 106 valence electrons. The second kappa shape index (κ2) is 6.07. The molecule has 21 heavy (non-hydrogen) atoms. The molecule has 0 unspecified atom stereocenters. The van der Waals surface area contributed by atoms with Crippen molar-refractivity contribution in [2.45, 2.75) is 6.61 Å². The van der Waals surface area contributed by atoms with Gasteiger partial charge in [-0.25, -0.2) is 4.39 Å². The van der Waals surface area contributed by atoms with E-state index in [0.717, 1.165) is 3.70 Å². The Balaban J connectivity index is 1.87. The van der Waals surface area contributed by atoms with E-state index in [-0.39, 0.29) is 6.61 Å². The third kappa shape index (κ3) is 3.38. The van der Waals surface area contributed by atoms with Gasteiger partial charge in [-0.05, 0) is 46.4 Å². The first kappa shape index (κ1) is 14.4. The summed E-state index contributed by atoms with van der Waals surface area (Å²) in [4.78, 5) is 3.98. The van der Waals surface area contributed by atoms with E-state index in [9.17, 15) is 4.39 Å². The number of ether oxygens (including phenoxy) is 1. The summed E-state index contributed by atoms with van der Waals surface area (Å²) in [5.74, 6) is 0.185. The molecule has 0 saturated carbocycles. The average Bonchev–Trinajstić information content (AvgIpc) is 2.45. The standard InChI is InChI=1S/C14H8ClFIN3O/c15-10-3-9-1-8(2-12(16)14(9)18-5-10)7-21-11-4-13(17)20-19-6-11/h1-6H,7H2. The number of benzene rings is 1. The van der Waals surface area contributed by atoms with Crippen LogP contribution in [-0.2, 0) is 6.61 Å². The first-order valence-corrected chi connectivity index (χ1v) is 7.42. The Morgan fingerprint density at radius 2 is 2.05 bits per heavy atom. The van der Waals surface area contributed by atoms with Gasteiger partial charge in [0.2, 0.25) is 0 Å². The highest BCUT2D eigenvalue weighted by molar-refractivity contribution is 14.1. The van der Waals surface area contributed by atoms with Crippen LogP contribution in [0.2, 0.25) is 5.02 Å². The Hall–Kier alpha value is -1.54. The van der Waals surface area contributed by atoms with Crippen molar-refractivity contribution >= 4 is 45.1 Å². The highest BCUT2D eigenvalue weighted by atomic mass is 127. The van der Waals surface area contributed by atoms with Gasteiger partial charge in [-0.3, -0.25) is 4.98 Å². The largest absolute Gasteiger partial charge is 0.487 e. The molecule has 4 nitrogen and oxygen atoms in total. The van der Waals surface area contributed by atoms with Crippen molar-refractivity contribution in [2.75, 3.05) is 0 Å². The number of halogens is 3. The molecule has 0 aliphatic heterocycles. The Morgan fingerprint density at radius 1 is 1.19 bits per heavy atom. The van der Waals surface area contributed by atoms with Crippen LogP contribution < -0.4 is 4.74 Å². The molecular weight excluding hydrogens is 408 g/mol. The van der Waals surface area contributed by atoms with Crippen LogP contribution in [0, 0.1) is 9.52 Å². The van der Waals surface area contributed by atoms with E-state index in [2.05, 4.69) is 15.2 Å². The molecule has 2 heterocycles. The molecule has 7 heteroatoms. The van der Waals surface area contributed by atoms with Crippen LogP contribution >= 0.6 is 34.2 Å². The number of hydrogen-bond acceptors (Lipinski definition) is 4. The van der Waals surface area contributed by atoms with E-state index in [0.29, 0.717) is 27.2 Å². The monoisotopic (exact) mass is 415 g/mol. The smallest absolute Gasteiger partial charge is 0.149 e. The highest BCUT2D eigenvalue weighted by Crippen LogP contribution is 2.22. The van der Waals surface area contributed by atoms with Crippen molar-refractivity contribution in [1.82, 2.24) is 15.2 Å². The molecule has 0 atom stereocenters. The van der Waals surface area contributed by atoms with Crippen LogP contribution in [0.15, 0.2) is 36.7 Å². The Labute approximate surface area is 138 Å². The minimum atomic E-state index is -0.398. The van der Waals surface area contributed by atoms with Gasteiger partial charge in [0.25, 0.3) is 0 Å². The van der Waals surface area contributed by atoms with Gasteiger partial charge >= 0.3 is 0 Å². The van der Waals surface area contributed by atoms with E-state index in [1.54, 1.807) is 18.2 Å². The van der Waals surface area contributed by atoms with Crippen molar-refractivity contribution in [2.24, 2.45) is 0 Å². The topological polar surface area (TPSA) is 47.9 Å². The van der Waals surface area contributed by atoms with Gasteiger partial charge in [0.15, 0.2) is 0 Å². The Kier molecular flexibility index (Phi) is 4.16.